The van der Waals surface area contributed by atoms with Crippen LogP contribution in [-0.2, 0) is 0 Å². The molecule has 0 aromatic heterocycles. The van der Waals surface area contributed by atoms with Crippen LogP contribution in [0, 0.1) is 0 Å². The number of hydrogen-bond acceptors (Lipinski definition) is 3. The second-order valence-corrected chi connectivity index (χ2v) is 3.35. The molecule has 0 saturated heterocycles. The molecule has 1 atom stereocenters. The number of benzene rings is 1. The van der Waals surface area contributed by atoms with E-state index in [4.69, 9.17) is 5.11 Å². The Morgan fingerprint density at radius 3 is 2.73 bits per heavy atom. The van der Waals surface area contributed by atoms with Crippen LogP contribution in [-0.4, -0.2) is 30.7 Å². The maximum atomic E-state index is 11.7. The van der Waals surface area contributed by atoms with E-state index in [0.29, 0.717) is 5.56 Å². The molecule has 0 bridgehead atoms. The Labute approximate surface area is 89.3 Å². The highest BCUT2D eigenvalue weighted by Gasteiger charge is 2.11. The maximum absolute atomic E-state index is 11.7. The van der Waals surface area contributed by atoms with E-state index in [1.54, 1.807) is 26.1 Å². The van der Waals surface area contributed by atoms with Gasteiger partial charge in [0.25, 0.3) is 5.91 Å². The lowest BCUT2D eigenvalue weighted by Gasteiger charge is -2.13. The number of nitrogens with one attached hydrogen (secondary N) is 2. The molecule has 15 heavy (non-hydrogen) atoms. The lowest BCUT2D eigenvalue weighted by atomic mass is 10.1. The Hall–Kier alpha value is -1.55. The van der Waals surface area contributed by atoms with E-state index >= 15 is 0 Å². The fourth-order valence-corrected chi connectivity index (χ4v) is 1.25. The molecule has 4 nitrogen and oxygen atoms in total. The van der Waals surface area contributed by atoms with Crippen molar-refractivity contribution in [1.82, 2.24) is 5.32 Å². The van der Waals surface area contributed by atoms with Gasteiger partial charge in [-0.1, -0.05) is 12.1 Å². The summed E-state index contributed by atoms with van der Waals surface area (Å²) in [6.07, 6.45) is 0. The van der Waals surface area contributed by atoms with Crippen LogP contribution in [0.4, 0.5) is 5.69 Å². The number of rotatable bonds is 4. The highest BCUT2D eigenvalue weighted by atomic mass is 16.3. The van der Waals surface area contributed by atoms with Gasteiger partial charge < -0.3 is 15.7 Å². The van der Waals surface area contributed by atoms with E-state index in [1.165, 1.54) is 0 Å². The summed E-state index contributed by atoms with van der Waals surface area (Å²) in [5.41, 5.74) is 1.36. The maximum Gasteiger partial charge on any atom is 0.253 e. The predicted molar refractivity (Wildman–Crippen MR) is 60.0 cm³/mol. The zero-order valence-corrected chi connectivity index (χ0v) is 8.95. The van der Waals surface area contributed by atoms with Crippen LogP contribution in [0.25, 0.3) is 0 Å². The van der Waals surface area contributed by atoms with Gasteiger partial charge in [0.2, 0.25) is 0 Å². The largest absolute Gasteiger partial charge is 0.394 e. The summed E-state index contributed by atoms with van der Waals surface area (Å²) in [5, 5.41) is 14.5. The molecule has 1 aromatic rings. The molecule has 3 N–H and O–H groups in total. The van der Waals surface area contributed by atoms with Crippen molar-refractivity contribution in [3.05, 3.63) is 29.8 Å². The number of para-hydroxylation sites is 1. The van der Waals surface area contributed by atoms with Gasteiger partial charge in [0.05, 0.1) is 12.2 Å². The van der Waals surface area contributed by atoms with Crippen LogP contribution in [0.5, 0.6) is 0 Å². The molecular weight excluding hydrogens is 192 g/mol. The standard InChI is InChI=1S/C11H16N2O2/c1-8(7-14)13-11(15)9-5-3-4-6-10(9)12-2/h3-6,8,12,14H,7H2,1-2H3,(H,13,15)/t8-/m1/s1. The molecule has 0 saturated carbocycles. The van der Waals surface area contributed by atoms with Gasteiger partial charge >= 0.3 is 0 Å². The van der Waals surface area contributed by atoms with Crippen LogP contribution < -0.4 is 10.6 Å². The quantitative estimate of drug-likeness (QED) is 0.687. The molecule has 82 valence electrons. The second-order valence-electron chi connectivity index (χ2n) is 3.35. The third-order valence-electron chi connectivity index (χ3n) is 2.09. The number of carbonyl (C=O) groups is 1. The Kier molecular flexibility index (Phi) is 4.12. The molecule has 0 spiro atoms. The average Bonchev–Trinajstić information content (AvgIpc) is 2.28. The predicted octanol–water partition coefficient (Wildman–Crippen LogP) is 0.839. The zero-order chi connectivity index (χ0) is 11.3. The first kappa shape index (κ1) is 11.5. The molecule has 0 heterocycles. The Morgan fingerprint density at radius 1 is 1.47 bits per heavy atom. The van der Waals surface area contributed by atoms with Crippen molar-refractivity contribution in [2.45, 2.75) is 13.0 Å². The van der Waals surface area contributed by atoms with Crippen molar-refractivity contribution in [1.29, 1.82) is 0 Å². The third kappa shape index (κ3) is 2.95. The summed E-state index contributed by atoms with van der Waals surface area (Å²) in [4.78, 5) is 11.7. The van der Waals surface area contributed by atoms with Gasteiger partial charge in [0.15, 0.2) is 0 Å². The fraction of sp³-hybridized carbons (Fsp3) is 0.364. The van der Waals surface area contributed by atoms with Crippen LogP contribution in [0.15, 0.2) is 24.3 Å². The van der Waals surface area contributed by atoms with Gasteiger partial charge in [-0.25, -0.2) is 0 Å². The van der Waals surface area contributed by atoms with Gasteiger partial charge in [-0.3, -0.25) is 4.79 Å². The summed E-state index contributed by atoms with van der Waals surface area (Å²) in [6, 6.07) is 7.00. The van der Waals surface area contributed by atoms with E-state index in [-0.39, 0.29) is 18.6 Å². The molecule has 4 heteroatoms. The number of aliphatic hydroxyl groups is 1. The molecular formula is C11H16N2O2. The van der Waals surface area contributed by atoms with Crippen molar-refractivity contribution in [3.63, 3.8) is 0 Å². The summed E-state index contributed by atoms with van der Waals surface area (Å²) in [6.45, 7) is 1.69. The second kappa shape index (κ2) is 5.36. The van der Waals surface area contributed by atoms with Gasteiger partial charge in [-0.2, -0.15) is 0 Å². The minimum atomic E-state index is -0.234. The first-order valence-electron chi connectivity index (χ1n) is 4.87. The summed E-state index contributed by atoms with van der Waals surface area (Å²) in [5.74, 6) is -0.179. The summed E-state index contributed by atoms with van der Waals surface area (Å²) < 4.78 is 0. The van der Waals surface area contributed by atoms with E-state index in [1.807, 2.05) is 12.1 Å². The number of aliphatic hydroxyl groups excluding tert-OH is 1. The van der Waals surface area contributed by atoms with Gasteiger partial charge in [-0.05, 0) is 19.1 Å². The van der Waals surface area contributed by atoms with Crippen molar-refractivity contribution in [3.8, 4) is 0 Å². The molecule has 0 aliphatic carbocycles. The molecule has 1 rings (SSSR count). The molecule has 1 amide bonds. The summed E-state index contributed by atoms with van der Waals surface area (Å²) >= 11 is 0. The molecule has 0 radical (unpaired) electrons. The van der Waals surface area contributed by atoms with Gasteiger partial charge in [0, 0.05) is 18.8 Å². The molecule has 0 aliphatic rings. The van der Waals surface area contributed by atoms with E-state index in [0.717, 1.165) is 5.69 Å². The molecule has 0 fully saturated rings. The van der Waals surface area contributed by atoms with Crippen molar-refractivity contribution < 1.29 is 9.90 Å². The number of carbonyl (C=O) groups excluding carboxylic acids is 1. The van der Waals surface area contributed by atoms with E-state index < -0.39 is 0 Å². The smallest absolute Gasteiger partial charge is 0.253 e. The average molecular weight is 208 g/mol. The molecule has 0 unspecified atom stereocenters. The lowest BCUT2D eigenvalue weighted by Crippen LogP contribution is -2.35. The Balaban J connectivity index is 2.81. The van der Waals surface area contributed by atoms with Crippen LogP contribution in [0.3, 0.4) is 0 Å². The first-order valence-corrected chi connectivity index (χ1v) is 4.87. The van der Waals surface area contributed by atoms with E-state index in [2.05, 4.69) is 10.6 Å². The van der Waals surface area contributed by atoms with Crippen LogP contribution in [0.2, 0.25) is 0 Å². The van der Waals surface area contributed by atoms with Crippen molar-refractivity contribution >= 4 is 11.6 Å². The summed E-state index contributed by atoms with van der Waals surface area (Å²) in [7, 11) is 1.77. The number of anilines is 1. The van der Waals surface area contributed by atoms with E-state index in [9.17, 15) is 4.79 Å². The Morgan fingerprint density at radius 2 is 2.13 bits per heavy atom. The highest BCUT2D eigenvalue weighted by molar-refractivity contribution is 5.99. The van der Waals surface area contributed by atoms with Gasteiger partial charge in [0.1, 0.15) is 0 Å². The number of hydrogen-bond donors (Lipinski definition) is 3. The lowest BCUT2D eigenvalue weighted by molar-refractivity contribution is 0.0923. The van der Waals surface area contributed by atoms with Crippen molar-refractivity contribution in [2.24, 2.45) is 0 Å². The SMILES string of the molecule is CNc1ccccc1C(=O)N[C@H](C)CO. The first-order chi connectivity index (χ1) is 7.19. The monoisotopic (exact) mass is 208 g/mol. The van der Waals surface area contributed by atoms with Crippen LogP contribution >= 0.6 is 0 Å². The topological polar surface area (TPSA) is 61.4 Å². The van der Waals surface area contributed by atoms with Gasteiger partial charge in [-0.15, -0.1) is 0 Å². The molecule has 1 aromatic carbocycles. The minimum Gasteiger partial charge on any atom is -0.394 e. The van der Waals surface area contributed by atoms with Crippen molar-refractivity contribution in [2.75, 3.05) is 19.0 Å². The highest BCUT2D eigenvalue weighted by Crippen LogP contribution is 2.13. The minimum absolute atomic E-state index is 0.0620. The molecule has 0 aliphatic heterocycles. The third-order valence-corrected chi connectivity index (χ3v) is 2.09. The number of amides is 1. The van der Waals surface area contributed by atoms with Crippen LogP contribution in [0.1, 0.15) is 17.3 Å². The normalized spacial score (nSPS) is 11.9. The fourth-order valence-electron chi connectivity index (χ4n) is 1.25. The zero-order valence-electron chi connectivity index (χ0n) is 8.95. The Bertz CT molecular complexity index is 339.